The van der Waals surface area contributed by atoms with Gasteiger partial charge in [0.25, 0.3) is 5.91 Å². The summed E-state index contributed by atoms with van der Waals surface area (Å²) in [5.41, 5.74) is 1.20. The third kappa shape index (κ3) is 2.78. The van der Waals surface area contributed by atoms with Crippen molar-refractivity contribution in [1.29, 1.82) is 0 Å². The van der Waals surface area contributed by atoms with Crippen LogP contribution in [0.1, 0.15) is 32.8 Å². The van der Waals surface area contributed by atoms with Crippen LogP contribution in [-0.2, 0) is 16.0 Å². The van der Waals surface area contributed by atoms with Gasteiger partial charge in [-0.3, -0.25) is 9.59 Å². The molecule has 0 saturated carbocycles. The molecule has 1 aliphatic heterocycles. The van der Waals surface area contributed by atoms with Crippen LogP contribution < -0.4 is 10.2 Å². The van der Waals surface area contributed by atoms with Gasteiger partial charge in [-0.1, -0.05) is 19.1 Å². The second kappa shape index (κ2) is 5.03. The average molecular weight is 260 g/mol. The summed E-state index contributed by atoms with van der Waals surface area (Å²) in [6.45, 7) is 6.00. The lowest BCUT2D eigenvalue weighted by molar-refractivity contribution is -0.128. The van der Waals surface area contributed by atoms with E-state index >= 15 is 0 Å². The Morgan fingerprint density at radius 2 is 2.05 bits per heavy atom. The maximum absolute atomic E-state index is 12.5. The number of amides is 2. The van der Waals surface area contributed by atoms with Crippen molar-refractivity contribution in [1.82, 2.24) is 5.32 Å². The van der Waals surface area contributed by atoms with Crippen LogP contribution in [0.25, 0.3) is 0 Å². The molecule has 19 heavy (non-hydrogen) atoms. The third-order valence-electron chi connectivity index (χ3n) is 3.42. The van der Waals surface area contributed by atoms with Crippen LogP contribution in [0.15, 0.2) is 24.3 Å². The zero-order valence-corrected chi connectivity index (χ0v) is 11.7. The Morgan fingerprint density at radius 3 is 2.74 bits per heavy atom. The van der Waals surface area contributed by atoms with Crippen LogP contribution in [0.3, 0.4) is 0 Å². The van der Waals surface area contributed by atoms with E-state index in [1.165, 1.54) is 5.56 Å². The minimum atomic E-state index is -0.851. The highest BCUT2D eigenvalue weighted by Gasteiger charge is 2.37. The lowest BCUT2D eigenvalue weighted by atomic mass is 10.0. The molecular formula is C15H20N2O2. The van der Waals surface area contributed by atoms with Gasteiger partial charge in [0.15, 0.2) is 0 Å². The molecule has 0 unspecified atom stereocenters. The quantitative estimate of drug-likeness (QED) is 0.882. The van der Waals surface area contributed by atoms with Gasteiger partial charge >= 0.3 is 0 Å². The highest BCUT2D eigenvalue weighted by Crippen LogP contribution is 2.22. The zero-order chi connectivity index (χ0) is 14.0. The topological polar surface area (TPSA) is 49.4 Å². The van der Waals surface area contributed by atoms with Gasteiger partial charge in [0.05, 0.1) is 0 Å². The first-order valence-electron chi connectivity index (χ1n) is 6.66. The van der Waals surface area contributed by atoms with Crippen molar-refractivity contribution in [2.45, 2.75) is 39.2 Å². The van der Waals surface area contributed by atoms with Crippen LogP contribution in [0.5, 0.6) is 0 Å². The third-order valence-corrected chi connectivity index (χ3v) is 3.42. The number of benzene rings is 1. The van der Waals surface area contributed by atoms with Crippen molar-refractivity contribution in [3.05, 3.63) is 29.8 Å². The molecule has 0 aromatic heterocycles. The fourth-order valence-corrected chi connectivity index (χ4v) is 2.31. The Labute approximate surface area is 113 Å². The van der Waals surface area contributed by atoms with Crippen molar-refractivity contribution < 1.29 is 9.59 Å². The number of nitrogens with zero attached hydrogens (tertiary/aromatic N) is 1. The Morgan fingerprint density at radius 1 is 1.32 bits per heavy atom. The second-order valence-corrected chi connectivity index (χ2v) is 5.40. The van der Waals surface area contributed by atoms with Crippen LogP contribution in [0.2, 0.25) is 0 Å². The van der Waals surface area contributed by atoms with Gasteiger partial charge in [-0.05, 0) is 38.0 Å². The van der Waals surface area contributed by atoms with Crippen LogP contribution >= 0.6 is 0 Å². The van der Waals surface area contributed by atoms with E-state index in [2.05, 4.69) is 12.2 Å². The first-order chi connectivity index (χ1) is 8.94. The molecule has 1 heterocycles. The van der Waals surface area contributed by atoms with Crippen molar-refractivity contribution in [2.75, 3.05) is 11.4 Å². The van der Waals surface area contributed by atoms with Crippen molar-refractivity contribution in [3.63, 3.8) is 0 Å². The Hall–Kier alpha value is -1.84. The number of hydrogen-bond acceptors (Lipinski definition) is 2. The maximum Gasteiger partial charge on any atom is 0.252 e. The molecule has 0 radical (unpaired) electrons. The number of carbonyl (C=O) groups excluding carboxylic acids is 2. The smallest absolute Gasteiger partial charge is 0.252 e. The van der Waals surface area contributed by atoms with Gasteiger partial charge in [-0.15, -0.1) is 0 Å². The summed E-state index contributed by atoms with van der Waals surface area (Å²) in [5, 5.41) is 2.77. The lowest BCUT2D eigenvalue weighted by Crippen LogP contribution is -2.53. The average Bonchev–Trinajstić information content (AvgIpc) is 2.47. The molecule has 1 fully saturated rings. The van der Waals surface area contributed by atoms with E-state index < -0.39 is 5.54 Å². The van der Waals surface area contributed by atoms with E-state index in [9.17, 15) is 9.59 Å². The van der Waals surface area contributed by atoms with E-state index in [0.717, 1.165) is 12.1 Å². The van der Waals surface area contributed by atoms with E-state index in [1.807, 2.05) is 24.3 Å². The van der Waals surface area contributed by atoms with E-state index in [-0.39, 0.29) is 11.8 Å². The van der Waals surface area contributed by atoms with Crippen LogP contribution in [0, 0.1) is 0 Å². The molecule has 1 aromatic rings. The highest BCUT2D eigenvalue weighted by molar-refractivity contribution is 6.03. The molecule has 0 bridgehead atoms. The van der Waals surface area contributed by atoms with Gasteiger partial charge < -0.3 is 10.2 Å². The Kier molecular flexibility index (Phi) is 3.60. The molecule has 0 aliphatic carbocycles. The molecule has 2 rings (SSSR count). The summed E-state index contributed by atoms with van der Waals surface area (Å²) in [6.07, 6.45) is 1.27. The normalized spacial score (nSPS) is 19.0. The first-order valence-corrected chi connectivity index (χ1v) is 6.66. The fourth-order valence-electron chi connectivity index (χ4n) is 2.31. The zero-order valence-electron chi connectivity index (χ0n) is 11.7. The minimum Gasteiger partial charge on any atom is -0.342 e. The molecule has 4 nitrogen and oxygen atoms in total. The van der Waals surface area contributed by atoms with E-state index in [0.29, 0.717) is 13.0 Å². The standard InChI is InChI=1S/C15H20N2O2/c1-4-11-6-5-7-12(10-11)17-9-8-13(18)16-15(2,3)14(17)19/h5-7,10H,4,8-9H2,1-3H3,(H,16,18). The van der Waals surface area contributed by atoms with E-state index in [4.69, 9.17) is 0 Å². The molecule has 1 N–H and O–H groups in total. The number of nitrogens with one attached hydrogen (secondary N) is 1. The molecule has 1 aromatic carbocycles. The van der Waals surface area contributed by atoms with Crippen molar-refractivity contribution in [2.24, 2.45) is 0 Å². The Balaban J connectivity index is 2.36. The molecule has 0 spiro atoms. The molecular weight excluding hydrogens is 240 g/mol. The molecule has 102 valence electrons. The summed E-state index contributed by atoms with van der Waals surface area (Å²) < 4.78 is 0. The lowest BCUT2D eigenvalue weighted by Gasteiger charge is -2.29. The van der Waals surface area contributed by atoms with Crippen molar-refractivity contribution in [3.8, 4) is 0 Å². The highest BCUT2D eigenvalue weighted by atomic mass is 16.2. The molecule has 1 saturated heterocycles. The van der Waals surface area contributed by atoms with E-state index in [1.54, 1.807) is 18.7 Å². The summed E-state index contributed by atoms with van der Waals surface area (Å²) in [5.74, 6) is -0.140. The Bertz CT molecular complexity index is 509. The largest absolute Gasteiger partial charge is 0.342 e. The van der Waals surface area contributed by atoms with Crippen LogP contribution in [-0.4, -0.2) is 23.9 Å². The monoisotopic (exact) mass is 260 g/mol. The van der Waals surface area contributed by atoms with Gasteiger partial charge in [0.1, 0.15) is 5.54 Å². The molecule has 4 heteroatoms. The molecule has 1 aliphatic rings. The fraction of sp³-hybridized carbons (Fsp3) is 0.467. The van der Waals surface area contributed by atoms with Gasteiger partial charge in [0.2, 0.25) is 5.91 Å². The SMILES string of the molecule is CCc1cccc(N2CCC(=O)NC(C)(C)C2=O)c1. The summed E-state index contributed by atoms with van der Waals surface area (Å²) in [6, 6.07) is 7.93. The number of carbonyl (C=O) groups is 2. The predicted octanol–water partition coefficient (Wildman–Crippen LogP) is 1.88. The van der Waals surface area contributed by atoms with Gasteiger partial charge in [0, 0.05) is 18.7 Å². The predicted molar refractivity (Wildman–Crippen MR) is 75.0 cm³/mol. The number of hydrogen-bond donors (Lipinski definition) is 1. The van der Waals surface area contributed by atoms with Crippen LogP contribution in [0.4, 0.5) is 5.69 Å². The number of rotatable bonds is 2. The first kappa shape index (κ1) is 13.6. The molecule has 0 atom stereocenters. The van der Waals surface area contributed by atoms with Gasteiger partial charge in [-0.25, -0.2) is 0 Å². The number of aryl methyl sites for hydroxylation is 1. The molecule has 2 amide bonds. The summed E-state index contributed by atoms with van der Waals surface area (Å²) >= 11 is 0. The van der Waals surface area contributed by atoms with Gasteiger partial charge in [-0.2, -0.15) is 0 Å². The summed E-state index contributed by atoms with van der Waals surface area (Å²) in [4.78, 5) is 25.9. The van der Waals surface area contributed by atoms with Crippen molar-refractivity contribution >= 4 is 17.5 Å². The maximum atomic E-state index is 12.5. The summed E-state index contributed by atoms with van der Waals surface area (Å²) in [7, 11) is 0. The minimum absolute atomic E-state index is 0.0633. The number of anilines is 1. The second-order valence-electron chi connectivity index (χ2n) is 5.40.